The van der Waals surface area contributed by atoms with E-state index in [1.54, 1.807) is 31.4 Å². The van der Waals surface area contributed by atoms with Gasteiger partial charge >= 0.3 is 0 Å². The number of methoxy groups -OCH3 is 1. The Morgan fingerprint density at radius 3 is 2.16 bits per heavy atom. The molecule has 31 heavy (non-hydrogen) atoms. The zero-order valence-electron chi connectivity index (χ0n) is 18.8. The lowest BCUT2D eigenvalue weighted by Crippen LogP contribution is -2.46. The third-order valence-corrected chi connectivity index (χ3v) is 8.03. The molecule has 0 aromatic heterocycles. The van der Waals surface area contributed by atoms with Crippen LogP contribution in [0.2, 0.25) is 0 Å². The van der Waals surface area contributed by atoms with E-state index in [0.29, 0.717) is 27.5 Å². The SMILES string of the molecule is COc1ccc(NC(=O)CN(C2CCCCC2)S(=O)(=O)c2c(C)cc(C)cc2C)cc1. The molecule has 7 heteroatoms. The van der Waals surface area contributed by atoms with Gasteiger partial charge < -0.3 is 10.1 Å². The smallest absolute Gasteiger partial charge is 0.244 e. The van der Waals surface area contributed by atoms with E-state index in [0.717, 1.165) is 37.7 Å². The lowest BCUT2D eigenvalue weighted by Gasteiger charge is -2.33. The summed E-state index contributed by atoms with van der Waals surface area (Å²) in [5, 5.41) is 2.82. The van der Waals surface area contributed by atoms with Gasteiger partial charge in [-0.25, -0.2) is 8.42 Å². The fraction of sp³-hybridized carbons (Fsp3) is 0.458. The van der Waals surface area contributed by atoms with Crippen molar-refractivity contribution in [2.24, 2.45) is 0 Å². The molecule has 6 nitrogen and oxygen atoms in total. The van der Waals surface area contributed by atoms with E-state index in [-0.39, 0.29) is 18.5 Å². The fourth-order valence-electron chi connectivity index (χ4n) is 4.49. The maximum Gasteiger partial charge on any atom is 0.244 e. The number of amides is 1. The molecule has 1 amide bonds. The Bertz CT molecular complexity index is 1000. The van der Waals surface area contributed by atoms with Crippen LogP contribution in [-0.4, -0.2) is 38.3 Å². The molecule has 0 radical (unpaired) electrons. The maximum absolute atomic E-state index is 13.8. The second-order valence-electron chi connectivity index (χ2n) is 8.35. The molecule has 1 aliphatic carbocycles. The molecule has 1 aliphatic rings. The molecule has 1 N–H and O–H groups in total. The van der Waals surface area contributed by atoms with E-state index >= 15 is 0 Å². The number of carbonyl (C=O) groups is 1. The number of benzene rings is 2. The van der Waals surface area contributed by atoms with E-state index in [1.165, 1.54) is 4.31 Å². The molecular weight excluding hydrogens is 412 g/mol. The van der Waals surface area contributed by atoms with Gasteiger partial charge in [-0.3, -0.25) is 4.79 Å². The van der Waals surface area contributed by atoms with Crippen molar-refractivity contribution in [2.75, 3.05) is 19.0 Å². The van der Waals surface area contributed by atoms with Crippen molar-refractivity contribution in [3.63, 3.8) is 0 Å². The average molecular weight is 445 g/mol. The van der Waals surface area contributed by atoms with Crippen molar-refractivity contribution >= 4 is 21.6 Å². The number of sulfonamides is 1. The van der Waals surface area contributed by atoms with Gasteiger partial charge in [0, 0.05) is 11.7 Å². The molecule has 2 aromatic carbocycles. The van der Waals surface area contributed by atoms with Crippen molar-refractivity contribution in [2.45, 2.75) is 63.8 Å². The van der Waals surface area contributed by atoms with Gasteiger partial charge in [0.05, 0.1) is 18.6 Å². The number of carbonyl (C=O) groups excluding carboxylic acids is 1. The average Bonchev–Trinajstić information content (AvgIpc) is 2.72. The van der Waals surface area contributed by atoms with Crippen molar-refractivity contribution in [1.29, 1.82) is 0 Å². The molecule has 3 rings (SSSR count). The molecule has 1 saturated carbocycles. The Labute approximate surface area is 185 Å². The Balaban J connectivity index is 1.90. The highest BCUT2D eigenvalue weighted by atomic mass is 32.2. The largest absolute Gasteiger partial charge is 0.497 e. The molecule has 0 unspecified atom stereocenters. The van der Waals surface area contributed by atoms with Crippen LogP contribution in [0.4, 0.5) is 5.69 Å². The van der Waals surface area contributed by atoms with E-state index in [1.807, 2.05) is 32.9 Å². The van der Waals surface area contributed by atoms with Crippen LogP contribution in [0, 0.1) is 20.8 Å². The molecule has 0 heterocycles. The number of nitrogens with zero attached hydrogens (tertiary/aromatic N) is 1. The van der Waals surface area contributed by atoms with Gasteiger partial charge in [-0.15, -0.1) is 0 Å². The summed E-state index contributed by atoms with van der Waals surface area (Å²) in [6.07, 6.45) is 4.61. The van der Waals surface area contributed by atoms with E-state index < -0.39 is 10.0 Å². The number of hydrogen-bond acceptors (Lipinski definition) is 4. The number of aryl methyl sites for hydroxylation is 3. The summed E-state index contributed by atoms with van der Waals surface area (Å²) in [5.41, 5.74) is 3.06. The third-order valence-electron chi connectivity index (χ3n) is 5.83. The van der Waals surface area contributed by atoms with Gasteiger partial charge in [-0.1, -0.05) is 37.0 Å². The Morgan fingerprint density at radius 2 is 1.61 bits per heavy atom. The second-order valence-corrected chi connectivity index (χ2v) is 10.2. The highest BCUT2D eigenvalue weighted by molar-refractivity contribution is 7.89. The molecule has 0 atom stereocenters. The second kappa shape index (κ2) is 9.83. The Morgan fingerprint density at radius 1 is 1.03 bits per heavy atom. The minimum atomic E-state index is -3.82. The zero-order valence-corrected chi connectivity index (χ0v) is 19.6. The minimum Gasteiger partial charge on any atom is -0.497 e. The van der Waals surface area contributed by atoms with Crippen LogP contribution in [0.3, 0.4) is 0 Å². The maximum atomic E-state index is 13.8. The summed E-state index contributed by atoms with van der Waals surface area (Å²) in [7, 11) is -2.25. The predicted octanol–water partition coefficient (Wildman–Crippen LogP) is 4.58. The van der Waals surface area contributed by atoms with Crippen LogP contribution in [0.5, 0.6) is 5.75 Å². The molecule has 0 saturated heterocycles. The van der Waals surface area contributed by atoms with Crippen LogP contribution in [0.15, 0.2) is 41.3 Å². The van der Waals surface area contributed by atoms with Gasteiger partial charge in [0.2, 0.25) is 15.9 Å². The Kier molecular flexibility index (Phi) is 7.38. The van der Waals surface area contributed by atoms with E-state index in [9.17, 15) is 13.2 Å². The van der Waals surface area contributed by atoms with Crippen LogP contribution in [0.25, 0.3) is 0 Å². The Hall–Kier alpha value is -2.38. The molecule has 0 bridgehead atoms. The number of hydrogen-bond donors (Lipinski definition) is 1. The van der Waals surface area contributed by atoms with Crippen LogP contribution >= 0.6 is 0 Å². The summed E-state index contributed by atoms with van der Waals surface area (Å²) in [6.45, 7) is 5.40. The first kappa shape index (κ1) is 23.3. The first-order valence-corrected chi connectivity index (χ1v) is 12.2. The van der Waals surface area contributed by atoms with Crippen molar-refractivity contribution in [1.82, 2.24) is 4.31 Å². The number of rotatable bonds is 7. The van der Waals surface area contributed by atoms with Crippen LogP contribution in [0.1, 0.15) is 48.8 Å². The van der Waals surface area contributed by atoms with Crippen molar-refractivity contribution in [3.8, 4) is 5.75 Å². The van der Waals surface area contributed by atoms with Gasteiger partial charge in [0.1, 0.15) is 5.75 Å². The number of ether oxygens (including phenoxy) is 1. The molecular formula is C24H32N2O4S. The van der Waals surface area contributed by atoms with E-state index in [2.05, 4.69) is 5.32 Å². The van der Waals surface area contributed by atoms with Gasteiger partial charge in [-0.05, 0) is 69.0 Å². The summed E-state index contributed by atoms with van der Waals surface area (Å²) >= 11 is 0. The normalized spacial score (nSPS) is 15.1. The molecule has 168 valence electrons. The lowest BCUT2D eigenvalue weighted by molar-refractivity contribution is -0.116. The third kappa shape index (κ3) is 5.46. The topological polar surface area (TPSA) is 75.7 Å². The van der Waals surface area contributed by atoms with Crippen molar-refractivity contribution in [3.05, 3.63) is 53.1 Å². The summed E-state index contributed by atoms with van der Waals surface area (Å²) in [5.74, 6) is 0.344. The van der Waals surface area contributed by atoms with Gasteiger partial charge in [0.15, 0.2) is 0 Å². The van der Waals surface area contributed by atoms with Gasteiger partial charge in [-0.2, -0.15) is 4.31 Å². The quantitative estimate of drug-likeness (QED) is 0.678. The van der Waals surface area contributed by atoms with E-state index in [4.69, 9.17) is 4.74 Å². The van der Waals surface area contributed by atoms with Crippen LogP contribution < -0.4 is 10.1 Å². The minimum absolute atomic E-state index is 0.166. The highest BCUT2D eigenvalue weighted by Gasteiger charge is 2.35. The summed E-state index contributed by atoms with van der Waals surface area (Å²) in [4.78, 5) is 13.2. The zero-order chi connectivity index (χ0) is 22.6. The lowest BCUT2D eigenvalue weighted by atomic mass is 9.95. The molecule has 2 aromatic rings. The highest BCUT2D eigenvalue weighted by Crippen LogP contribution is 2.31. The monoisotopic (exact) mass is 444 g/mol. The predicted molar refractivity (Wildman–Crippen MR) is 123 cm³/mol. The van der Waals surface area contributed by atoms with Crippen LogP contribution in [-0.2, 0) is 14.8 Å². The fourth-order valence-corrected chi connectivity index (χ4v) is 6.54. The molecule has 1 fully saturated rings. The molecule has 0 aliphatic heterocycles. The standard InChI is InChI=1S/C24H32N2O4S/c1-17-14-18(2)24(19(3)15-17)31(28,29)26(21-8-6-5-7-9-21)16-23(27)25-20-10-12-22(30-4)13-11-20/h10-15,21H,5-9,16H2,1-4H3,(H,25,27). The molecule has 0 spiro atoms. The summed E-state index contributed by atoms with van der Waals surface area (Å²) in [6, 6.07) is 10.6. The number of nitrogens with one attached hydrogen (secondary N) is 1. The first-order valence-electron chi connectivity index (χ1n) is 10.8. The van der Waals surface area contributed by atoms with Crippen molar-refractivity contribution < 1.29 is 17.9 Å². The number of anilines is 1. The van der Waals surface area contributed by atoms with Gasteiger partial charge in [0.25, 0.3) is 0 Å². The summed E-state index contributed by atoms with van der Waals surface area (Å²) < 4.78 is 34.1. The first-order chi connectivity index (χ1) is 14.7.